The number of benzene rings is 1. The fraction of sp³-hybridized carbons (Fsp3) is 0.500. The molecule has 0 aromatic heterocycles. The lowest BCUT2D eigenvalue weighted by Gasteiger charge is -2.36. The van der Waals surface area contributed by atoms with Crippen LogP contribution in [0.3, 0.4) is 0 Å². The Morgan fingerprint density at radius 2 is 1.87 bits per heavy atom. The van der Waals surface area contributed by atoms with Gasteiger partial charge in [0.25, 0.3) is 0 Å². The van der Waals surface area contributed by atoms with Crippen molar-refractivity contribution in [1.82, 2.24) is 10.2 Å². The van der Waals surface area contributed by atoms with E-state index in [4.69, 9.17) is 4.74 Å². The lowest BCUT2D eigenvalue weighted by molar-refractivity contribution is 0.198. The summed E-state index contributed by atoms with van der Waals surface area (Å²) in [5, 5.41) is 2.89. The number of nitrogens with zero attached hydrogens (tertiary/aromatic N) is 2. The average Bonchev–Trinajstić information content (AvgIpc) is 2.59. The minimum atomic E-state index is -0.0234. The Morgan fingerprint density at radius 1 is 1.22 bits per heavy atom. The van der Waals surface area contributed by atoms with E-state index < -0.39 is 0 Å². The van der Waals surface area contributed by atoms with Crippen LogP contribution in [0.4, 0.5) is 10.5 Å². The topological polar surface area (TPSA) is 44.8 Å². The number of amides is 2. The van der Waals surface area contributed by atoms with Crippen LogP contribution in [0, 0.1) is 5.92 Å². The standard InChI is InChI=1S/C18H27N3O2/c1-14(2)15(3)13-19-18(22)21-11-9-20(10-12-21)16-7-5-6-8-17(16)23-4/h5-8,13-14H,9-12H2,1-4H3,(H,19,22)/b15-13+. The third kappa shape index (κ3) is 4.41. The molecule has 1 aromatic carbocycles. The second-order valence-electron chi connectivity index (χ2n) is 6.14. The zero-order valence-electron chi connectivity index (χ0n) is 14.5. The normalized spacial score (nSPS) is 15.8. The first-order valence-corrected chi connectivity index (χ1v) is 8.13. The first kappa shape index (κ1) is 17.2. The minimum Gasteiger partial charge on any atom is -0.495 e. The van der Waals surface area contributed by atoms with E-state index >= 15 is 0 Å². The number of ether oxygens (including phenoxy) is 1. The van der Waals surface area contributed by atoms with Crippen LogP contribution < -0.4 is 15.0 Å². The monoisotopic (exact) mass is 317 g/mol. The molecule has 0 unspecified atom stereocenters. The molecule has 0 spiro atoms. The molecule has 1 saturated heterocycles. The van der Waals surface area contributed by atoms with Crippen molar-refractivity contribution in [3.05, 3.63) is 36.0 Å². The Morgan fingerprint density at radius 3 is 2.48 bits per heavy atom. The van der Waals surface area contributed by atoms with Crippen molar-refractivity contribution < 1.29 is 9.53 Å². The molecule has 23 heavy (non-hydrogen) atoms. The van der Waals surface area contributed by atoms with Crippen molar-refractivity contribution in [2.24, 2.45) is 5.92 Å². The fourth-order valence-corrected chi connectivity index (χ4v) is 2.47. The molecule has 0 bridgehead atoms. The lowest BCUT2D eigenvalue weighted by atomic mass is 10.1. The van der Waals surface area contributed by atoms with Gasteiger partial charge in [-0.25, -0.2) is 4.79 Å². The van der Waals surface area contributed by atoms with E-state index in [-0.39, 0.29) is 6.03 Å². The highest BCUT2D eigenvalue weighted by molar-refractivity contribution is 5.75. The van der Waals surface area contributed by atoms with Crippen LogP contribution in [0.5, 0.6) is 5.75 Å². The highest BCUT2D eigenvalue weighted by atomic mass is 16.5. The summed E-state index contributed by atoms with van der Waals surface area (Å²) in [6.07, 6.45) is 1.82. The van der Waals surface area contributed by atoms with Crippen LogP contribution in [-0.4, -0.2) is 44.2 Å². The largest absolute Gasteiger partial charge is 0.495 e. The maximum atomic E-state index is 12.2. The van der Waals surface area contributed by atoms with Crippen LogP contribution in [0.2, 0.25) is 0 Å². The zero-order valence-corrected chi connectivity index (χ0v) is 14.5. The van der Waals surface area contributed by atoms with Crippen LogP contribution in [0.15, 0.2) is 36.0 Å². The van der Waals surface area contributed by atoms with Gasteiger partial charge >= 0.3 is 6.03 Å². The molecule has 0 aliphatic carbocycles. The zero-order chi connectivity index (χ0) is 16.8. The molecule has 1 heterocycles. The minimum absolute atomic E-state index is 0.0234. The number of allylic oxidation sites excluding steroid dienone is 1. The van der Waals surface area contributed by atoms with Gasteiger partial charge in [-0.1, -0.05) is 31.6 Å². The quantitative estimate of drug-likeness (QED) is 0.928. The maximum absolute atomic E-state index is 12.2. The molecule has 2 amide bonds. The molecule has 0 atom stereocenters. The number of carbonyl (C=O) groups excluding carboxylic acids is 1. The highest BCUT2D eigenvalue weighted by Gasteiger charge is 2.22. The Kier molecular flexibility index (Phi) is 5.90. The molecule has 1 aromatic rings. The molecule has 0 saturated carbocycles. The number of nitrogens with one attached hydrogen (secondary N) is 1. The number of para-hydroxylation sites is 2. The molecule has 5 nitrogen and oxygen atoms in total. The summed E-state index contributed by atoms with van der Waals surface area (Å²) >= 11 is 0. The molecule has 1 aliphatic heterocycles. The van der Waals surface area contributed by atoms with Crippen LogP contribution in [0.1, 0.15) is 20.8 Å². The van der Waals surface area contributed by atoms with Crippen molar-refractivity contribution in [2.75, 3.05) is 38.2 Å². The molecule has 5 heteroatoms. The SMILES string of the molecule is COc1ccccc1N1CCN(C(=O)N/C=C(\C)C(C)C)CC1. The number of anilines is 1. The number of rotatable bonds is 4. The van der Waals surface area contributed by atoms with E-state index in [0.717, 1.165) is 24.5 Å². The molecule has 126 valence electrons. The summed E-state index contributed by atoms with van der Waals surface area (Å²) in [6.45, 7) is 9.29. The second-order valence-corrected chi connectivity index (χ2v) is 6.14. The number of piperazine rings is 1. The number of hydrogen-bond acceptors (Lipinski definition) is 3. The summed E-state index contributed by atoms with van der Waals surface area (Å²) in [6, 6.07) is 7.98. The van der Waals surface area contributed by atoms with E-state index in [9.17, 15) is 4.79 Å². The van der Waals surface area contributed by atoms with Crippen molar-refractivity contribution in [3.63, 3.8) is 0 Å². The van der Waals surface area contributed by atoms with Gasteiger partial charge in [0, 0.05) is 32.4 Å². The molecule has 2 rings (SSSR count). The predicted molar refractivity (Wildman–Crippen MR) is 93.9 cm³/mol. The van der Waals surface area contributed by atoms with E-state index in [1.54, 1.807) is 7.11 Å². The molecular formula is C18H27N3O2. The summed E-state index contributed by atoms with van der Waals surface area (Å²) in [7, 11) is 1.69. The Labute approximate surface area is 138 Å². The van der Waals surface area contributed by atoms with E-state index in [1.807, 2.05) is 36.2 Å². The van der Waals surface area contributed by atoms with Gasteiger partial charge in [-0.3, -0.25) is 0 Å². The van der Waals surface area contributed by atoms with Gasteiger partial charge in [-0.2, -0.15) is 0 Å². The summed E-state index contributed by atoms with van der Waals surface area (Å²) < 4.78 is 5.42. The molecule has 1 N–H and O–H groups in total. The van der Waals surface area contributed by atoms with Crippen molar-refractivity contribution >= 4 is 11.7 Å². The smallest absolute Gasteiger partial charge is 0.321 e. The maximum Gasteiger partial charge on any atom is 0.321 e. The van der Waals surface area contributed by atoms with E-state index in [0.29, 0.717) is 19.0 Å². The molecular weight excluding hydrogens is 290 g/mol. The summed E-state index contributed by atoms with van der Waals surface area (Å²) in [5.74, 6) is 1.32. The van der Waals surface area contributed by atoms with Gasteiger partial charge in [-0.05, 0) is 25.0 Å². The van der Waals surface area contributed by atoms with Gasteiger partial charge in [0.2, 0.25) is 0 Å². The van der Waals surface area contributed by atoms with Crippen molar-refractivity contribution in [1.29, 1.82) is 0 Å². The van der Waals surface area contributed by atoms with Crippen molar-refractivity contribution in [2.45, 2.75) is 20.8 Å². The van der Waals surface area contributed by atoms with Gasteiger partial charge in [-0.15, -0.1) is 0 Å². The third-order valence-electron chi connectivity index (χ3n) is 4.33. The highest BCUT2D eigenvalue weighted by Crippen LogP contribution is 2.28. The van der Waals surface area contributed by atoms with Gasteiger partial charge in [0.1, 0.15) is 5.75 Å². The van der Waals surface area contributed by atoms with E-state index in [2.05, 4.69) is 30.1 Å². The molecule has 1 aliphatic rings. The predicted octanol–water partition coefficient (Wildman–Crippen LogP) is 3.09. The van der Waals surface area contributed by atoms with Gasteiger partial charge < -0.3 is 19.9 Å². The van der Waals surface area contributed by atoms with Crippen LogP contribution in [0.25, 0.3) is 0 Å². The van der Waals surface area contributed by atoms with Crippen LogP contribution >= 0.6 is 0 Å². The first-order chi connectivity index (χ1) is 11.0. The number of methoxy groups -OCH3 is 1. The Balaban J connectivity index is 1.91. The van der Waals surface area contributed by atoms with Gasteiger partial charge in [0.05, 0.1) is 12.8 Å². The number of urea groups is 1. The fourth-order valence-electron chi connectivity index (χ4n) is 2.47. The third-order valence-corrected chi connectivity index (χ3v) is 4.33. The number of carbonyl (C=O) groups is 1. The lowest BCUT2D eigenvalue weighted by Crippen LogP contribution is -2.51. The van der Waals surface area contributed by atoms with Crippen LogP contribution in [-0.2, 0) is 0 Å². The Hall–Kier alpha value is -2.17. The average molecular weight is 317 g/mol. The summed E-state index contributed by atoms with van der Waals surface area (Å²) in [4.78, 5) is 16.3. The first-order valence-electron chi connectivity index (χ1n) is 8.13. The molecule has 1 fully saturated rings. The van der Waals surface area contributed by atoms with E-state index in [1.165, 1.54) is 5.57 Å². The number of hydrogen-bond donors (Lipinski definition) is 1. The van der Waals surface area contributed by atoms with Gasteiger partial charge in [0.15, 0.2) is 0 Å². The Bertz CT molecular complexity index is 561. The van der Waals surface area contributed by atoms with Crippen molar-refractivity contribution in [3.8, 4) is 5.75 Å². The second kappa shape index (κ2) is 7.90. The molecule has 0 radical (unpaired) electrons. The summed E-state index contributed by atoms with van der Waals surface area (Å²) in [5.41, 5.74) is 2.26.